The van der Waals surface area contributed by atoms with E-state index in [0.29, 0.717) is 5.69 Å². The molecule has 9 heteroatoms. The van der Waals surface area contributed by atoms with E-state index in [0.717, 1.165) is 22.9 Å². The molecule has 0 aliphatic carbocycles. The Labute approximate surface area is 148 Å². The van der Waals surface area contributed by atoms with E-state index in [-0.39, 0.29) is 35.4 Å². The second kappa shape index (κ2) is 8.43. The van der Waals surface area contributed by atoms with Gasteiger partial charge in [-0.3, -0.25) is 19.4 Å². The molecule has 1 amide bonds. The first-order valence-electron chi connectivity index (χ1n) is 7.52. The summed E-state index contributed by atoms with van der Waals surface area (Å²) < 4.78 is 0. The van der Waals surface area contributed by atoms with E-state index in [4.69, 9.17) is 5.11 Å². The Hall–Kier alpha value is -2.68. The highest BCUT2D eigenvalue weighted by molar-refractivity contribution is 7.99. The number of carbonyl (C=O) groups is 2. The van der Waals surface area contributed by atoms with Gasteiger partial charge in [0.15, 0.2) is 5.16 Å². The van der Waals surface area contributed by atoms with Crippen molar-refractivity contribution in [2.24, 2.45) is 0 Å². The van der Waals surface area contributed by atoms with Gasteiger partial charge in [-0.15, -0.1) is 10.2 Å². The van der Waals surface area contributed by atoms with Gasteiger partial charge in [-0.25, -0.2) is 0 Å². The zero-order valence-corrected chi connectivity index (χ0v) is 14.6. The summed E-state index contributed by atoms with van der Waals surface area (Å²) >= 11 is 1.04. The number of nitrogens with zero attached hydrogens (tertiary/aromatic N) is 2. The molecule has 0 spiro atoms. The molecule has 0 fully saturated rings. The summed E-state index contributed by atoms with van der Waals surface area (Å²) in [5.41, 5.74) is 2.50. The molecule has 1 aromatic heterocycles. The first-order chi connectivity index (χ1) is 11.8. The Kier molecular flexibility index (Phi) is 6.29. The SMILES string of the molecule is Cc1ccc(NC(=O)CSc2nnc(CCC(=O)O)c(=O)[nH]2)cc1C. The molecule has 8 nitrogen and oxygen atoms in total. The van der Waals surface area contributed by atoms with Gasteiger partial charge in [0.05, 0.1) is 12.2 Å². The summed E-state index contributed by atoms with van der Waals surface area (Å²) in [6, 6.07) is 5.64. The summed E-state index contributed by atoms with van der Waals surface area (Å²) in [6.45, 7) is 3.96. The number of amides is 1. The number of aryl methyl sites for hydroxylation is 3. The third-order valence-electron chi connectivity index (χ3n) is 3.45. The maximum absolute atomic E-state index is 12.0. The number of rotatable bonds is 7. The van der Waals surface area contributed by atoms with Crippen LogP contribution in [0.25, 0.3) is 0 Å². The lowest BCUT2D eigenvalue weighted by Crippen LogP contribution is -2.19. The molecular formula is C16H18N4O4S. The molecular weight excluding hydrogens is 344 g/mol. The van der Waals surface area contributed by atoms with Crippen molar-refractivity contribution in [3.05, 3.63) is 45.4 Å². The van der Waals surface area contributed by atoms with Crippen LogP contribution in [0.2, 0.25) is 0 Å². The summed E-state index contributed by atoms with van der Waals surface area (Å²) in [5, 5.41) is 19.1. The molecule has 0 saturated heterocycles. The molecule has 0 bridgehead atoms. The molecule has 0 saturated carbocycles. The molecule has 2 aromatic rings. The number of carboxylic acid groups (broad SMARTS) is 1. The predicted molar refractivity (Wildman–Crippen MR) is 93.9 cm³/mol. The number of carbonyl (C=O) groups excluding carboxylic acids is 1. The molecule has 1 aromatic carbocycles. The monoisotopic (exact) mass is 362 g/mol. The molecule has 3 N–H and O–H groups in total. The number of thioether (sulfide) groups is 1. The number of aliphatic carboxylic acids is 1. The molecule has 0 radical (unpaired) electrons. The number of anilines is 1. The van der Waals surface area contributed by atoms with Gasteiger partial charge in [-0.05, 0) is 37.1 Å². The molecule has 0 unspecified atom stereocenters. The summed E-state index contributed by atoms with van der Waals surface area (Å²) in [6.07, 6.45) is -0.182. The minimum atomic E-state index is -1.01. The number of aromatic nitrogens is 3. The second-order valence-corrected chi connectivity index (χ2v) is 6.40. The van der Waals surface area contributed by atoms with Crippen LogP contribution in [-0.4, -0.2) is 37.9 Å². The van der Waals surface area contributed by atoms with Crippen molar-refractivity contribution in [3.63, 3.8) is 0 Å². The van der Waals surface area contributed by atoms with Crippen molar-refractivity contribution in [1.29, 1.82) is 0 Å². The average molecular weight is 362 g/mol. The van der Waals surface area contributed by atoms with Gasteiger partial charge >= 0.3 is 5.97 Å². The highest BCUT2D eigenvalue weighted by Crippen LogP contribution is 2.15. The summed E-state index contributed by atoms with van der Waals surface area (Å²) in [7, 11) is 0. The van der Waals surface area contributed by atoms with E-state index in [2.05, 4.69) is 20.5 Å². The van der Waals surface area contributed by atoms with Crippen molar-refractivity contribution in [3.8, 4) is 0 Å². The first kappa shape index (κ1) is 18.7. The number of carboxylic acids is 1. The van der Waals surface area contributed by atoms with Crippen LogP contribution in [0.5, 0.6) is 0 Å². The average Bonchev–Trinajstić information content (AvgIpc) is 2.55. The Balaban J connectivity index is 1.90. The maximum Gasteiger partial charge on any atom is 0.303 e. The van der Waals surface area contributed by atoms with Gasteiger partial charge in [0.2, 0.25) is 5.91 Å². The van der Waals surface area contributed by atoms with E-state index in [1.807, 2.05) is 32.0 Å². The Morgan fingerprint density at radius 1 is 1.24 bits per heavy atom. The largest absolute Gasteiger partial charge is 0.481 e. The smallest absolute Gasteiger partial charge is 0.303 e. The van der Waals surface area contributed by atoms with Gasteiger partial charge in [-0.2, -0.15) is 0 Å². The van der Waals surface area contributed by atoms with Gasteiger partial charge in [0.25, 0.3) is 5.56 Å². The number of hydrogen-bond donors (Lipinski definition) is 3. The fourth-order valence-corrected chi connectivity index (χ4v) is 2.55. The molecule has 2 rings (SSSR count). The minimum absolute atomic E-state index is 0.00980. The fraction of sp³-hybridized carbons (Fsp3) is 0.312. The van der Waals surface area contributed by atoms with Crippen molar-refractivity contribution in [2.45, 2.75) is 31.8 Å². The highest BCUT2D eigenvalue weighted by Gasteiger charge is 2.10. The van der Waals surface area contributed by atoms with Crippen molar-refractivity contribution < 1.29 is 14.7 Å². The minimum Gasteiger partial charge on any atom is -0.481 e. The lowest BCUT2D eigenvalue weighted by atomic mass is 10.1. The molecule has 132 valence electrons. The van der Waals surface area contributed by atoms with Crippen LogP contribution in [0, 0.1) is 13.8 Å². The number of aromatic amines is 1. The van der Waals surface area contributed by atoms with Gasteiger partial charge in [0, 0.05) is 12.1 Å². The lowest BCUT2D eigenvalue weighted by molar-refractivity contribution is -0.137. The Bertz CT molecular complexity index is 850. The highest BCUT2D eigenvalue weighted by atomic mass is 32.2. The van der Waals surface area contributed by atoms with E-state index in [1.165, 1.54) is 0 Å². The third-order valence-corrected chi connectivity index (χ3v) is 4.31. The van der Waals surface area contributed by atoms with Crippen LogP contribution in [0.15, 0.2) is 28.2 Å². The van der Waals surface area contributed by atoms with E-state index in [9.17, 15) is 14.4 Å². The maximum atomic E-state index is 12.0. The van der Waals surface area contributed by atoms with Crippen LogP contribution in [0.3, 0.4) is 0 Å². The van der Waals surface area contributed by atoms with Crippen LogP contribution >= 0.6 is 11.8 Å². The zero-order chi connectivity index (χ0) is 18.4. The van der Waals surface area contributed by atoms with E-state index < -0.39 is 11.5 Å². The van der Waals surface area contributed by atoms with Gasteiger partial charge in [-0.1, -0.05) is 17.8 Å². The van der Waals surface area contributed by atoms with Crippen LogP contribution in [0.4, 0.5) is 5.69 Å². The Morgan fingerprint density at radius 2 is 2.00 bits per heavy atom. The molecule has 25 heavy (non-hydrogen) atoms. The second-order valence-electron chi connectivity index (χ2n) is 5.44. The van der Waals surface area contributed by atoms with Crippen LogP contribution in [-0.2, 0) is 16.0 Å². The standard InChI is InChI=1S/C16H18N4O4S/c1-9-3-4-11(7-10(9)2)17-13(21)8-25-16-18-15(24)12(19-20-16)5-6-14(22)23/h3-4,7H,5-6,8H2,1-2H3,(H,17,21)(H,22,23)(H,18,20,24). The summed E-state index contributed by atoms with van der Waals surface area (Å²) in [5.74, 6) is -1.18. The van der Waals surface area contributed by atoms with Crippen LogP contribution in [0.1, 0.15) is 23.2 Å². The van der Waals surface area contributed by atoms with Gasteiger partial charge in [0.1, 0.15) is 5.69 Å². The Morgan fingerprint density at radius 3 is 2.64 bits per heavy atom. The van der Waals surface area contributed by atoms with E-state index in [1.54, 1.807) is 0 Å². The number of nitrogens with one attached hydrogen (secondary N) is 2. The molecule has 0 aliphatic rings. The van der Waals surface area contributed by atoms with Crippen LogP contribution < -0.4 is 10.9 Å². The quantitative estimate of drug-likeness (QED) is 0.638. The topological polar surface area (TPSA) is 125 Å². The normalized spacial score (nSPS) is 10.5. The van der Waals surface area contributed by atoms with Crippen molar-refractivity contribution >= 4 is 29.3 Å². The van der Waals surface area contributed by atoms with Crippen molar-refractivity contribution in [2.75, 3.05) is 11.1 Å². The lowest BCUT2D eigenvalue weighted by Gasteiger charge is -2.07. The number of benzene rings is 1. The first-order valence-corrected chi connectivity index (χ1v) is 8.51. The predicted octanol–water partition coefficient (Wildman–Crippen LogP) is 1.53. The number of hydrogen-bond acceptors (Lipinski definition) is 6. The molecule has 1 heterocycles. The van der Waals surface area contributed by atoms with Gasteiger partial charge < -0.3 is 10.4 Å². The fourth-order valence-electron chi connectivity index (χ4n) is 1.95. The summed E-state index contributed by atoms with van der Waals surface area (Å²) in [4.78, 5) is 36.8. The van der Waals surface area contributed by atoms with E-state index >= 15 is 0 Å². The molecule has 0 atom stereocenters. The van der Waals surface area contributed by atoms with Crippen molar-refractivity contribution in [1.82, 2.24) is 15.2 Å². The third kappa shape index (κ3) is 5.71. The zero-order valence-electron chi connectivity index (χ0n) is 13.8. The number of H-pyrrole nitrogens is 1. The molecule has 0 aliphatic heterocycles.